The van der Waals surface area contributed by atoms with Crippen molar-refractivity contribution in [1.29, 1.82) is 0 Å². The van der Waals surface area contributed by atoms with Gasteiger partial charge in [0.2, 0.25) is 0 Å². The maximum absolute atomic E-state index is 11.6. The number of carbonyl (C=O) groups excluding carboxylic acids is 1. The van der Waals surface area contributed by atoms with Crippen LogP contribution in [0.1, 0.15) is 30.5 Å². The number of aromatic nitrogens is 2. The minimum absolute atomic E-state index is 0.110. The van der Waals surface area contributed by atoms with Crippen LogP contribution < -0.4 is 16.0 Å². The van der Waals surface area contributed by atoms with E-state index in [1.54, 1.807) is 10.9 Å². The van der Waals surface area contributed by atoms with Crippen molar-refractivity contribution >= 4 is 12.5 Å². The molecule has 0 spiro atoms. The molecule has 2 heterocycles. The number of nitrogens with zero attached hydrogens (tertiary/aromatic N) is 2. The lowest BCUT2D eigenvalue weighted by Gasteiger charge is -2.11. The number of amides is 2. The second kappa shape index (κ2) is 9.78. The third-order valence-corrected chi connectivity index (χ3v) is 3.72. The van der Waals surface area contributed by atoms with Crippen molar-refractivity contribution in [1.82, 2.24) is 25.7 Å². The molecule has 22 heavy (non-hydrogen) atoms. The highest BCUT2D eigenvalue weighted by Crippen LogP contribution is 2.07. The predicted octanol–water partition coefficient (Wildman–Crippen LogP) is 0.371. The second-order valence-corrected chi connectivity index (χ2v) is 5.18. The number of aryl methyl sites for hydroxylation is 1. The van der Waals surface area contributed by atoms with Gasteiger partial charge in [-0.15, -0.1) is 0 Å². The molecule has 2 amide bonds. The molecule has 0 saturated carbocycles. The highest BCUT2D eigenvalue weighted by Gasteiger charge is 2.13. The van der Waals surface area contributed by atoms with E-state index in [9.17, 15) is 4.79 Å². The summed E-state index contributed by atoms with van der Waals surface area (Å²) in [4.78, 5) is 20.0. The first-order valence-electron chi connectivity index (χ1n) is 7.39. The predicted molar refractivity (Wildman–Crippen MR) is 82.5 cm³/mol. The van der Waals surface area contributed by atoms with Gasteiger partial charge in [-0.3, -0.25) is 9.48 Å². The standard InChI is InChI=1S/C13H23N5O.CH2O2/c1-10-11(9-17-18(10)2)8-16-13(19)15-7-5-12-4-3-6-14-12;2-1-3/h9,12,14H,3-8H2,1-2H3,(H2,15,16,19);1H,(H,2,3)/t12-;/m1./s1. The smallest absolute Gasteiger partial charge is 0.315 e. The van der Waals surface area contributed by atoms with Gasteiger partial charge in [0.25, 0.3) is 6.47 Å². The van der Waals surface area contributed by atoms with Crippen LogP contribution in [0, 0.1) is 6.92 Å². The van der Waals surface area contributed by atoms with Crippen LogP contribution in [0.4, 0.5) is 4.79 Å². The van der Waals surface area contributed by atoms with Crippen molar-refractivity contribution in [3.8, 4) is 0 Å². The largest absolute Gasteiger partial charge is 0.483 e. The van der Waals surface area contributed by atoms with E-state index in [0.717, 1.165) is 30.8 Å². The zero-order chi connectivity index (χ0) is 16.4. The van der Waals surface area contributed by atoms with E-state index < -0.39 is 0 Å². The third kappa shape index (κ3) is 6.13. The molecule has 1 aromatic heterocycles. The Balaban J connectivity index is 0.000000745. The van der Waals surface area contributed by atoms with Gasteiger partial charge < -0.3 is 21.1 Å². The quantitative estimate of drug-likeness (QED) is 0.588. The molecule has 0 radical (unpaired) electrons. The van der Waals surface area contributed by atoms with Crippen LogP contribution in [0.3, 0.4) is 0 Å². The lowest BCUT2D eigenvalue weighted by molar-refractivity contribution is -0.122. The molecule has 1 atom stereocenters. The summed E-state index contributed by atoms with van der Waals surface area (Å²) in [5.41, 5.74) is 2.13. The zero-order valence-electron chi connectivity index (χ0n) is 13.1. The fourth-order valence-corrected chi connectivity index (χ4v) is 2.32. The number of hydrogen-bond donors (Lipinski definition) is 4. The maximum Gasteiger partial charge on any atom is 0.315 e. The normalized spacial score (nSPS) is 16.5. The van der Waals surface area contributed by atoms with Crippen molar-refractivity contribution in [2.24, 2.45) is 7.05 Å². The number of carbonyl (C=O) groups is 2. The summed E-state index contributed by atoms with van der Waals surface area (Å²) in [6.45, 7) is 4.09. The van der Waals surface area contributed by atoms with Gasteiger partial charge in [-0.1, -0.05) is 0 Å². The SMILES string of the molecule is Cc1c(CNC(=O)NCC[C@H]2CCCN2)cnn1C.O=CO. The Morgan fingerprint density at radius 1 is 1.59 bits per heavy atom. The molecule has 4 N–H and O–H groups in total. The van der Waals surface area contributed by atoms with E-state index in [1.807, 2.05) is 14.0 Å². The van der Waals surface area contributed by atoms with E-state index in [2.05, 4.69) is 21.0 Å². The van der Waals surface area contributed by atoms with Crippen LogP contribution in [-0.4, -0.2) is 46.5 Å². The van der Waals surface area contributed by atoms with Gasteiger partial charge in [-0.2, -0.15) is 5.10 Å². The molecule has 124 valence electrons. The number of urea groups is 1. The van der Waals surface area contributed by atoms with Gasteiger partial charge in [0.05, 0.1) is 6.20 Å². The number of rotatable bonds is 5. The molecular formula is C14H25N5O3. The summed E-state index contributed by atoms with van der Waals surface area (Å²) < 4.78 is 1.81. The molecular weight excluding hydrogens is 286 g/mol. The first kappa shape index (κ1) is 18.0. The Hall–Kier alpha value is -2.09. The van der Waals surface area contributed by atoms with Gasteiger partial charge >= 0.3 is 6.03 Å². The zero-order valence-corrected chi connectivity index (χ0v) is 13.1. The number of nitrogens with one attached hydrogen (secondary N) is 3. The van der Waals surface area contributed by atoms with E-state index in [0.29, 0.717) is 12.6 Å². The maximum atomic E-state index is 11.6. The summed E-state index contributed by atoms with van der Waals surface area (Å²) in [7, 11) is 1.90. The Bertz CT molecular complexity index is 469. The summed E-state index contributed by atoms with van der Waals surface area (Å²) in [5.74, 6) is 0. The van der Waals surface area contributed by atoms with E-state index in [1.165, 1.54) is 12.8 Å². The molecule has 2 rings (SSSR count). The highest BCUT2D eigenvalue weighted by molar-refractivity contribution is 5.73. The van der Waals surface area contributed by atoms with Crippen molar-refractivity contribution < 1.29 is 14.7 Å². The molecule has 0 unspecified atom stereocenters. The monoisotopic (exact) mass is 311 g/mol. The summed E-state index contributed by atoms with van der Waals surface area (Å²) >= 11 is 0. The van der Waals surface area contributed by atoms with E-state index >= 15 is 0 Å². The van der Waals surface area contributed by atoms with Crippen molar-refractivity contribution in [2.45, 2.75) is 38.8 Å². The van der Waals surface area contributed by atoms with Crippen LogP contribution in [-0.2, 0) is 18.4 Å². The summed E-state index contributed by atoms with van der Waals surface area (Å²) in [6, 6.07) is 0.460. The van der Waals surface area contributed by atoms with Crippen LogP contribution in [0.15, 0.2) is 6.20 Å². The average Bonchev–Trinajstić information content (AvgIpc) is 3.10. The number of carboxylic acid groups (broad SMARTS) is 1. The second-order valence-electron chi connectivity index (χ2n) is 5.18. The van der Waals surface area contributed by atoms with Gasteiger partial charge in [0.15, 0.2) is 0 Å². The fourth-order valence-electron chi connectivity index (χ4n) is 2.32. The molecule has 1 saturated heterocycles. The van der Waals surface area contributed by atoms with E-state index in [4.69, 9.17) is 9.90 Å². The number of hydrogen-bond acceptors (Lipinski definition) is 4. The molecule has 8 nitrogen and oxygen atoms in total. The summed E-state index contributed by atoms with van der Waals surface area (Å²) in [5, 5.41) is 20.2. The van der Waals surface area contributed by atoms with Gasteiger partial charge in [-0.05, 0) is 32.7 Å². The lowest BCUT2D eigenvalue weighted by Crippen LogP contribution is -2.37. The van der Waals surface area contributed by atoms with Crippen LogP contribution in [0.2, 0.25) is 0 Å². The van der Waals surface area contributed by atoms with Gasteiger partial charge in [0.1, 0.15) is 0 Å². The Morgan fingerprint density at radius 3 is 2.86 bits per heavy atom. The molecule has 0 aromatic carbocycles. The van der Waals surface area contributed by atoms with Crippen LogP contribution >= 0.6 is 0 Å². The molecule has 1 aromatic rings. The Kier molecular flexibility index (Phi) is 7.98. The molecule has 8 heteroatoms. The highest BCUT2D eigenvalue weighted by atomic mass is 16.3. The van der Waals surface area contributed by atoms with Crippen LogP contribution in [0.25, 0.3) is 0 Å². The Labute approximate surface area is 130 Å². The van der Waals surface area contributed by atoms with Crippen molar-refractivity contribution in [3.63, 3.8) is 0 Å². The lowest BCUT2D eigenvalue weighted by atomic mass is 10.1. The van der Waals surface area contributed by atoms with Gasteiger partial charge in [0, 0.05) is 37.4 Å². The molecule has 0 bridgehead atoms. The van der Waals surface area contributed by atoms with E-state index in [-0.39, 0.29) is 12.5 Å². The minimum atomic E-state index is -0.250. The fraction of sp³-hybridized carbons (Fsp3) is 0.643. The first-order chi connectivity index (χ1) is 10.6. The van der Waals surface area contributed by atoms with Gasteiger partial charge in [-0.25, -0.2) is 4.79 Å². The first-order valence-corrected chi connectivity index (χ1v) is 7.39. The Morgan fingerprint density at radius 2 is 2.32 bits per heavy atom. The topological polar surface area (TPSA) is 108 Å². The molecule has 1 fully saturated rings. The third-order valence-electron chi connectivity index (χ3n) is 3.72. The molecule has 1 aliphatic rings. The molecule has 1 aliphatic heterocycles. The summed E-state index contributed by atoms with van der Waals surface area (Å²) in [6.07, 6.45) is 5.26. The van der Waals surface area contributed by atoms with Crippen molar-refractivity contribution in [2.75, 3.05) is 13.1 Å². The van der Waals surface area contributed by atoms with Crippen molar-refractivity contribution in [3.05, 3.63) is 17.5 Å². The average molecular weight is 311 g/mol. The minimum Gasteiger partial charge on any atom is -0.483 e. The van der Waals surface area contributed by atoms with Crippen LogP contribution in [0.5, 0.6) is 0 Å². The molecule has 0 aliphatic carbocycles.